The van der Waals surface area contributed by atoms with Crippen molar-refractivity contribution in [3.8, 4) is 11.3 Å². The van der Waals surface area contributed by atoms with Gasteiger partial charge in [-0.25, -0.2) is 9.55 Å². The van der Waals surface area contributed by atoms with Gasteiger partial charge in [0.1, 0.15) is 36.0 Å². The zero-order chi connectivity index (χ0) is 18.9. The number of hydrogen-bond acceptors (Lipinski definition) is 0. The third-order valence-corrected chi connectivity index (χ3v) is 6.29. The van der Waals surface area contributed by atoms with Crippen molar-refractivity contribution in [3.63, 3.8) is 0 Å². The van der Waals surface area contributed by atoms with Gasteiger partial charge in [-0.15, -0.1) is 0 Å². The zero-order valence-corrected chi connectivity index (χ0v) is 19.0. The molecule has 30 heavy (non-hydrogen) atoms. The Kier molecular flexibility index (Phi) is 7.45. The molecule has 0 amide bonds. The minimum atomic E-state index is 0. The van der Waals surface area contributed by atoms with Crippen molar-refractivity contribution in [1.29, 1.82) is 0 Å². The van der Waals surface area contributed by atoms with Crippen LogP contribution in [-0.4, -0.2) is 22.1 Å². The first-order valence-corrected chi connectivity index (χ1v) is 10.7. The second kappa shape index (κ2) is 9.86. The van der Waals surface area contributed by atoms with E-state index in [-0.39, 0.29) is 24.8 Å². The highest BCUT2D eigenvalue weighted by atomic mass is 35.5. The summed E-state index contributed by atoms with van der Waals surface area (Å²) in [6, 6.07) is 18.3. The van der Waals surface area contributed by atoms with Crippen molar-refractivity contribution in [1.82, 2.24) is 9.55 Å². The van der Waals surface area contributed by atoms with E-state index >= 15 is 0 Å². The van der Waals surface area contributed by atoms with Crippen LogP contribution in [0.1, 0.15) is 37.7 Å². The number of quaternary nitrogens is 1. The Hall–Kier alpha value is -2.01. The lowest BCUT2D eigenvalue weighted by Gasteiger charge is -2.19. The highest BCUT2D eigenvalue weighted by Gasteiger charge is 2.23. The van der Waals surface area contributed by atoms with E-state index in [9.17, 15) is 0 Å². The largest absolute Gasteiger partial charge is 1.00 e. The van der Waals surface area contributed by atoms with E-state index in [1.807, 2.05) is 0 Å². The number of aromatic nitrogens is 3. The Morgan fingerprint density at radius 1 is 1.00 bits per heavy atom. The van der Waals surface area contributed by atoms with Gasteiger partial charge in [0.15, 0.2) is 0 Å². The number of hydrogen-bond donors (Lipinski definition) is 2. The lowest BCUT2D eigenvalue weighted by atomic mass is 9.95. The molecule has 2 aromatic carbocycles. The highest BCUT2D eigenvalue weighted by molar-refractivity contribution is 5.74. The predicted octanol–water partition coefficient (Wildman–Crippen LogP) is -2.41. The number of H-pyrrole nitrogens is 1. The highest BCUT2D eigenvalue weighted by Crippen LogP contribution is 2.23. The molecule has 0 unspecified atom stereocenters. The molecular weight excluding hydrogens is 415 g/mol. The summed E-state index contributed by atoms with van der Waals surface area (Å²) in [6.45, 7) is 4.29. The lowest BCUT2D eigenvalue weighted by molar-refractivity contribution is -0.692. The number of imidazole rings is 2. The number of nitrogens with zero attached hydrogens (tertiary/aromatic N) is 2. The summed E-state index contributed by atoms with van der Waals surface area (Å²) >= 11 is 0. The first kappa shape index (κ1) is 22.7. The van der Waals surface area contributed by atoms with E-state index < -0.39 is 0 Å². The van der Waals surface area contributed by atoms with Gasteiger partial charge < -0.3 is 30.1 Å². The molecular formula is C24H30Cl2N4. The quantitative estimate of drug-likeness (QED) is 0.322. The number of fused-ring (bicyclic) bond motifs is 3. The van der Waals surface area contributed by atoms with E-state index in [0.717, 1.165) is 19.1 Å². The molecule has 1 fully saturated rings. The van der Waals surface area contributed by atoms with Crippen molar-refractivity contribution in [2.24, 2.45) is 0 Å². The molecule has 2 heterocycles. The van der Waals surface area contributed by atoms with Crippen LogP contribution in [-0.2, 0) is 6.54 Å². The minimum absolute atomic E-state index is 0. The van der Waals surface area contributed by atoms with Crippen LogP contribution >= 0.6 is 0 Å². The van der Waals surface area contributed by atoms with Crippen molar-refractivity contribution < 1.29 is 34.5 Å². The van der Waals surface area contributed by atoms with Gasteiger partial charge in [0.2, 0.25) is 0 Å². The topological polar surface area (TPSA) is 41.4 Å². The molecule has 4 aromatic rings. The van der Waals surface area contributed by atoms with Crippen LogP contribution in [0.15, 0.2) is 54.7 Å². The van der Waals surface area contributed by atoms with Crippen LogP contribution in [0.2, 0.25) is 0 Å². The summed E-state index contributed by atoms with van der Waals surface area (Å²) in [5, 5.41) is 2.58. The average Bonchev–Trinajstić information content (AvgIpc) is 3.26. The molecule has 0 saturated heterocycles. The minimum Gasteiger partial charge on any atom is -1.00 e. The van der Waals surface area contributed by atoms with Gasteiger partial charge in [-0.1, -0.05) is 48.4 Å². The fourth-order valence-corrected chi connectivity index (χ4v) is 4.71. The molecule has 6 heteroatoms. The Morgan fingerprint density at radius 2 is 1.73 bits per heavy atom. The van der Waals surface area contributed by atoms with Gasteiger partial charge in [-0.05, 0) is 44.7 Å². The van der Waals surface area contributed by atoms with E-state index in [2.05, 4.69) is 80.9 Å². The molecule has 0 atom stereocenters. The monoisotopic (exact) mass is 444 g/mol. The van der Waals surface area contributed by atoms with Gasteiger partial charge in [0.25, 0.3) is 0 Å². The summed E-state index contributed by atoms with van der Waals surface area (Å²) in [5.41, 5.74) is 6.30. The first-order chi connectivity index (χ1) is 13.8. The van der Waals surface area contributed by atoms with Crippen molar-refractivity contribution in [2.45, 2.75) is 51.6 Å². The summed E-state index contributed by atoms with van der Waals surface area (Å²) in [5.74, 6) is 1.17. The zero-order valence-electron chi connectivity index (χ0n) is 17.5. The standard InChI is InChI=1S/C24H28N4.2ClH/c1-18-11-13-19(14-12-18)23-17-28-22-10-6-5-9-21(22)26-24(28)27(23)16-15-25-20-7-3-2-4-8-20;;/h5-6,9-14,17,20,25H,2-4,7-8,15-16H2,1H3;2*1H. The van der Waals surface area contributed by atoms with E-state index in [1.54, 1.807) is 0 Å². The molecule has 1 saturated carbocycles. The SMILES string of the molecule is Cc1ccc(-c2c[n+]3c4ccccc4[nH]c3n2CC[NH2+]C2CCCCC2)cc1.[Cl-].[Cl-]. The molecule has 2 aromatic heterocycles. The Morgan fingerprint density at radius 3 is 2.50 bits per heavy atom. The third kappa shape index (κ3) is 4.36. The number of rotatable bonds is 5. The number of halogens is 2. The number of aromatic amines is 1. The second-order valence-electron chi connectivity index (χ2n) is 8.29. The van der Waals surface area contributed by atoms with E-state index in [1.165, 1.54) is 65.7 Å². The molecule has 0 spiro atoms. The van der Waals surface area contributed by atoms with Crippen LogP contribution in [0.3, 0.4) is 0 Å². The van der Waals surface area contributed by atoms with E-state index in [4.69, 9.17) is 0 Å². The van der Waals surface area contributed by atoms with Gasteiger partial charge in [0, 0.05) is 5.56 Å². The Bertz CT molecular complexity index is 1090. The molecule has 160 valence electrons. The van der Waals surface area contributed by atoms with Gasteiger partial charge in [0.05, 0.1) is 6.04 Å². The van der Waals surface area contributed by atoms with Gasteiger partial charge >= 0.3 is 5.78 Å². The van der Waals surface area contributed by atoms with E-state index in [0.29, 0.717) is 0 Å². The molecule has 0 bridgehead atoms. The van der Waals surface area contributed by atoms with Crippen LogP contribution in [0.4, 0.5) is 0 Å². The summed E-state index contributed by atoms with van der Waals surface area (Å²) in [4.78, 5) is 3.65. The number of para-hydroxylation sites is 2. The molecule has 0 aliphatic heterocycles. The number of benzene rings is 2. The smallest absolute Gasteiger partial charge is 0.368 e. The summed E-state index contributed by atoms with van der Waals surface area (Å²) in [6.07, 6.45) is 9.29. The second-order valence-corrected chi connectivity index (χ2v) is 8.29. The summed E-state index contributed by atoms with van der Waals surface area (Å²) in [7, 11) is 0. The predicted molar refractivity (Wildman–Crippen MR) is 113 cm³/mol. The maximum atomic E-state index is 3.65. The van der Waals surface area contributed by atoms with Gasteiger partial charge in [-0.2, -0.15) is 4.40 Å². The van der Waals surface area contributed by atoms with Crippen LogP contribution in [0, 0.1) is 6.92 Å². The fraction of sp³-hybridized carbons (Fsp3) is 0.375. The number of nitrogens with one attached hydrogen (secondary N) is 1. The Labute approximate surface area is 190 Å². The van der Waals surface area contributed by atoms with Crippen LogP contribution < -0.4 is 34.5 Å². The summed E-state index contributed by atoms with van der Waals surface area (Å²) < 4.78 is 4.77. The fourth-order valence-electron chi connectivity index (χ4n) is 4.71. The van der Waals surface area contributed by atoms with Gasteiger partial charge in [-0.3, -0.25) is 0 Å². The first-order valence-electron chi connectivity index (χ1n) is 10.7. The Balaban J connectivity index is 0.00000128. The molecule has 1 aliphatic rings. The van der Waals surface area contributed by atoms with Crippen molar-refractivity contribution >= 4 is 16.8 Å². The van der Waals surface area contributed by atoms with Crippen molar-refractivity contribution in [3.05, 3.63) is 60.3 Å². The number of nitrogens with two attached hydrogens (primary N) is 1. The molecule has 4 nitrogen and oxygen atoms in total. The molecule has 5 rings (SSSR count). The molecule has 0 radical (unpaired) electrons. The average molecular weight is 445 g/mol. The third-order valence-electron chi connectivity index (χ3n) is 6.29. The normalized spacial score (nSPS) is 14.6. The number of aryl methyl sites for hydroxylation is 1. The van der Waals surface area contributed by atoms with Crippen LogP contribution in [0.5, 0.6) is 0 Å². The maximum absolute atomic E-state index is 3.65. The maximum Gasteiger partial charge on any atom is 0.368 e. The molecule has 3 N–H and O–H groups in total. The van der Waals surface area contributed by atoms with Crippen LogP contribution in [0.25, 0.3) is 28.1 Å². The molecule has 1 aliphatic carbocycles. The lowest BCUT2D eigenvalue weighted by Crippen LogP contribution is -3.00. The van der Waals surface area contributed by atoms with Crippen molar-refractivity contribution in [2.75, 3.05) is 6.54 Å².